The number of hydrogen-bond acceptors (Lipinski definition) is 5. The van der Waals surface area contributed by atoms with Crippen LogP contribution in [0.15, 0.2) is 48.5 Å². The van der Waals surface area contributed by atoms with Gasteiger partial charge in [-0.15, -0.1) is 0 Å². The van der Waals surface area contributed by atoms with Gasteiger partial charge in [-0.3, -0.25) is 24.7 Å². The Balaban J connectivity index is 1.26. The summed E-state index contributed by atoms with van der Waals surface area (Å²) >= 11 is 0. The molecule has 0 radical (unpaired) electrons. The maximum atomic E-state index is 13.9. The SMILES string of the molecule is O=C1CCC(N2Cc3cc(C4CCN(C(c5ccccc5)C(F)F)CC4)ccc3C2O)C(=O)N1. The quantitative estimate of drug-likeness (QED) is 0.656. The van der Waals surface area contributed by atoms with Gasteiger partial charge in [0.15, 0.2) is 0 Å². The third-order valence-corrected chi connectivity index (χ3v) is 7.50. The lowest BCUT2D eigenvalue weighted by molar-refractivity contribution is -0.141. The number of carbonyl (C=O) groups is 2. The number of rotatable bonds is 5. The second-order valence-corrected chi connectivity index (χ2v) is 9.47. The van der Waals surface area contributed by atoms with E-state index in [1.807, 2.05) is 23.1 Å². The average Bonchev–Trinajstić information content (AvgIpc) is 3.15. The lowest BCUT2D eigenvalue weighted by Crippen LogP contribution is -2.51. The minimum absolute atomic E-state index is 0.262. The first kappa shape index (κ1) is 23.1. The highest BCUT2D eigenvalue weighted by Crippen LogP contribution is 2.39. The molecule has 3 aliphatic rings. The van der Waals surface area contributed by atoms with Crippen LogP contribution >= 0.6 is 0 Å². The zero-order valence-corrected chi connectivity index (χ0v) is 18.9. The minimum atomic E-state index is -2.45. The molecule has 0 bridgehead atoms. The van der Waals surface area contributed by atoms with E-state index in [-0.39, 0.29) is 24.2 Å². The molecule has 3 heterocycles. The van der Waals surface area contributed by atoms with E-state index in [2.05, 4.69) is 11.4 Å². The molecule has 2 amide bonds. The van der Waals surface area contributed by atoms with Crippen LogP contribution in [-0.2, 0) is 16.1 Å². The maximum absolute atomic E-state index is 13.9. The molecule has 3 atom stereocenters. The Kier molecular flexibility index (Phi) is 6.46. The van der Waals surface area contributed by atoms with Crippen molar-refractivity contribution in [2.75, 3.05) is 13.1 Å². The zero-order chi connectivity index (χ0) is 23.8. The van der Waals surface area contributed by atoms with Gasteiger partial charge in [0, 0.05) is 13.0 Å². The van der Waals surface area contributed by atoms with Crippen LogP contribution in [-0.4, -0.2) is 52.3 Å². The van der Waals surface area contributed by atoms with Crippen LogP contribution in [0, 0.1) is 0 Å². The van der Waals surface area contributed by atoms with Crippen molar-refractivity contribution >= 4 is 11.8 Å². The monoisotopic (exact) mass is 469 g/mol. The van der Waals surface area contributed by atoms with Gasteiger partial charge in [-0.1, -0.05) is 48.5 Å². The molecular formula is C26H29F2N3O3. The number of aliphatic hydroxyl groups excluding tert-OH is 1. The third-order valence-electron chi connectivity index (χ3n) is 7.50. The number of nitrogens with zero attached hydrogens (tertiary/aromatic N) is 2. The first-order chi connectivity index (χ1) is 16.4. The number of imide groups is 1. The van der Waals surface area contributed by atoms with Gasteiger partial charge in [0.1, 0.15) is 6.23 Å². The molecule has 2 N–H and O–H groups in total. The first-order valence-electron chi connectivity index (χ1n) is 11.9. The normalized spacial score (nSPS) is 25.4. The van der Waals surface area contributed by atoms with Gasteiger partial charge < -0.3 is 5.11 Å². The number of piperidine rings is 2. The summed E-state index contributed by atoms with van der Waals surface area (Å²) in [4.78, 5) is 27.4. The first-order valence-corrected chi connectivity index (χ1v) is 11.9. The minimum Gasteiger partial charge on any atom is -0.374 e. The van der Waals surface area contributed by atoms with Crippen molar-refractivity contribution in [3.8, 4) is 0 Å². The van der Waals surface area contributed by atoms with Crippen LogP contribution in [0.5, 0.6) is 0 Å². The Labute approximate surface area is 197 Å². The highest BCUT2D eigenvalue weighted by Gasteiger charge is 2.40. The van der Waals surface area contributed by atoms with Crippen LogP contribution < -0.4 is 5.32 Å². The van der Waals surface area contributed by atoms with Gasteiger partial charge in [-0.2, -0.15) is 0 Å². The van der Waals surface area contributed by atoms with Crippen molar-refractivity contribution in [2.24, 2.45) is 0 Å². The third kappa shape index (κ3) is 4.37. The number of hydrogen-bond donors (Lipinski definition) is 2. The van der Waals surface area contributed by atoms with Crippen LogP contribution in [0.1, 0.15) is 66.1 Å². The van der Waals surface area contributed by atoms with Gasteiger partial charge in [-0.25, -0.2) is 8.78 Å². The standard InChI is InChI=1S/C26H29F2N3O3/c27-24(28)23(17-4-2-1-3-5-17)30-12-10-16(11-13-30)18-6-7-20-19(14-18)15-31(26(20)34)21-8-9-22(32)29-25(21)33/h1-7,14,16,21,23-24,26,34H,8-13,15H2,(H,29,32,33). The number of aliphatic hydroxyl groups is 1. The molecule has 3 aliphatic heterocycles. The lowest BCUT2D eigenvalue weighted by Gasteiger charge is -2.37. The topological polar surface area (TPSA) is 72.9 Å². The Morgan fingerprint density at radius 1 is 1.00 bits per heavy atom. The van der Waals surface area contributed by atoms with Crippen molar-refractivity contribution in [1.29, 1.82) is 0 Å². The van der Waals surface area contributed by atoms with Crippen LogP contribution in [0.25, 0.3) is 0 Å². The highest BCUT2D eigenvalue weighted by molar-refractivity contribution is 6.00. The molecule has 0 saturated carbocycles. The molecule has 8 heteroatoms. The van der Waals surface area contributed by atoms with Crippen molar-refractivity contribution in [3.63, 3.8) is 0 Å². The highest BCUT2D eigenvalue weighted by atomic mass is 19.3. The lowest BCUT2D eigenvalue weighted by atomic mass is 9.87. The smallest absolute Gasteiger partial charge is 0.258 e. The largest absolute Gasteiger partial charge is 0.374 e. The van der Waals surface area contributed by atoms with E-state index in [0.717, 1.165) is 29.5 Å². The summed E-state index contributed by atoms with van der Waals surface area (Å²) < 4.78 is 27.8. The number of likely N-dealkylation sites (tertiary alicyclic amines) is 1. The van der Waals surface area contributed by atoms with Crippen LogP contribution in [0.4, 0.5) is 8.78 Å². The van der Waals surface area contributed by atoms with Crippen molar-refractivity contribution in [2.45, 2.75) is 62.9 Å². The molecule has 2 saturated heterocycles. The molecule has 0 aromatic heterocycles. The summed E-state index contributed by atoms with van der Waals surface area (Å²) in [7, 11) is 0. The van der Waals surface area contributed by atoms with Crippen molar-refractivity contribution in [1.82, 2.24) is 15.1 Å². The number of amides is 2. The zero-order valence-electron chi connectivity index (χ0n) is 18.9. The Hall–Kier alpha value is -2.68. The maximum Gasteiger partial charge on any atom is 0.258 e. The van der Waals surface area contributed by atoms with E-state index >= 15 is 0 Å². The number of benzene rings is 2. The van der Waals surface area contributed by atoms with E-state index in [1.54, 1.807) is 29.2 Å². The molecule has 180 valence electrons. The number of nitrogens with one attached hydrogen (secondary N) is 1. The fraction of sp³-hybridized carbons (Fsp3) is 0.462. The molecule has 2 fully saturated rings. The molecule has 2 aromatic carbocycles. The van der Waals surface area contributed by atoms with Crippen LogP contribution in [0.3, 0.4) is 0 Å². The molecule has 0 spiro atoms. The fourth-order valence-electron chi connectivity index (χ4n) is 5.69. The second-order valence-electron chi connectivity index (χ2n) is 9.47. The molecule has 6 nitrogen and oxygen atoms in total. The molecule has 3 unspecified atom stereocenters. The molecule has 34 heavy (non-hydrogen) atoms. The van der Waals surface area contributed by atoms with Gasteiger partial charge >= 0.3 is 0 Å². The van der Waals surface area contributed by atoms with Gasteiger partial charge in [0.05, 0.1) is 12.1 Å². The van der Waals surface area contributed by atoms with E-state index in [4.69, 9.17) is 0 Å². The molecule has 2 aromatic rings. The average molecular weight is 470 g/mol. The predicted molar refractivity (Wildman–Crippen MR) is 122 cm³/mol. The van der Waals surface area contributed by atoms with E-state index < -0.39 is 24.7 Å². The van der Waals surface area contributed by atoms with E-state index in [9.17, 15) is 23.5 Å². The molecule has 0 aliphatic carbocycles. The Morgan fingerprint density at radius 3 is 2.41 bits per heavy atom. The number of alkyl halides is 2. The molecule has 5 rings (SSSR count). The Morgan fingerprint density at radius 2 is 1.74 bits per heavy atom. The number of halogens is 2. The van der Waals surface area contributed by atoms with Gasteiger partial charge in [0.25, 0.3) is 6.43 Å². The Bertz CT molecular complexity index is 1060. The van der Waals surface area contributed by atoms with Crippen molar-refractivity contribution < 1.29 is 23.5 Å². The van der Waals surface area contributed by atoms with Crippen LogP contribution in [0.2, 0.25) is 0 Å². The summed E-state index contributed by atoms with van der Waals surface area (Å²) in [6.45, 7) is 1.63. The van der Waals surface area contributed by atoms with Gasteiger partial charge in [0.2, 0.25) is 11.8 Å². The van der Waals surface area contributed by atoms with E-state index in [1.165, 1.54) is 0 Å². The number of fused-ring (bicyclic) bond motifs is 1. The summed E-state index contributed by atoms with van der Waals surface area (Å²) in [6, 6.07) is 13.6. The summed E-state index contributed by atoms with van der Waals surface area (Å²) in [5.74, 6) is -0.373. The summed E-state index contributed by atoms with van der Waals surface area (Å²) in [6.07, 6.45) is -1.09. The summed E-state index contributed by atoms with van der Waals surface area (Å²) in [5.41, 5.74) is 3.56. The second kappa shape index (κ2) is 9.52. The molecular weight excluding hydrogens is 440 g/mol. The summed E-state index contributed by atoms with van der Waals surface area (Å²) in [5, 5.41) is 13.2. The van der Waals surface area contributed by atoms with Gasteiger partial charge in [-0.05, 0) is 60.5 Å². The van der Waals surface area contributed by atoms with E-state index in [0.29, 0.717) is 31.6 Å². The fourth-order valence-corrected chi connectivity index (χ4v) is 5.69. The van der Waals surface area contributed by atoms with Crippen molar-refractivity contribution in [3.05, 3.63) is 70.8 Å². The predicted octanol–water partition coefficient (Wildman–Crippen LogP) is 3.48. The number of carbonyl (C=O) groups excluding carboxylic acids is 2.